The molecule has 3 rings (SSSR count). The highest BCUT2D eigenvalue weighted by atomic mass is 16.1. The zero-order valence-electron chi connectivity index (χ0n) is 8.76. The van der Waals surface area contributed by atoms with Gasteiger partial charge in [0, 0.05) is 12.1 Å². The lowest BCUT2D eigenvalue weighted by Gasteiger charge is -1.98. The van der Waals surface area contributed by atoms with Crippen molar-refractivity contribution in [2.24, 2.45) is 0 Å². The van der Waals surface area contributed by atoms with Crippen molar-refractivity contribution < 1.29 is 4.79 Å². The lowest BCUT2D eigenvalue weighted by molar-refractivity contribution is 0.103. The Labute approximate surface area is 92.9 Å². The smallest absolute Gasteiger partial charge is 0.215 e. The molecular formula is C12H11N3O. The second-order valence-electron chi connectivity index (χ2n) is 3.91. The lowest BCUT2D eigenvalue weighted by atomic mass is 10.1. The van der Waals surface area contributed by atoms with E-state index < -0.39 is 0 Å². The normalized spacial score (nSPS) is 13.8. The van der Waals surface area contributed by atoms with E-state index in [0.29, 0.717) is 11.3 Å². The van der Waals surface area contributed by atoms with Gasteiger partial charge in [0.2, 0.25) is 5.78 Å². The Balaban J connectivity index is 2.02. The van der Waals surface area contributed by atoms with Gasteiger partial charge in [0.05, 0.1) is 5.69 Å². The van der Waals surface area contributed by atoms with Gasteiger partial charge in [0.1, 0.15) is 0 Å². The van der Waals surface area contributed by atoms with Crippen LogP contribution in [0.15, 0.2) is 30.3 Å². The Morgan fingerprint density at radius 2 is 2.06 bits per heavy atom. The van der Waals surface area contributed by atoms with Gasteiger partial charge in [-0.3, -0.25) is 4.79 Å². The van der Waals surface area contributed by atoms with E-state index in [1.54, 1.807) is 0 Å². The number of carbonyl (C=O) groups is 1. The summed E-state index contributed by atoms with van der Waals surface area (Å²) in [7, 11) is 0. The van der Waals surface area contributed by atoms with Crippen LogP contribution in [0.3, 0.4) is 0 Å². The van der Waals surface area contributed by atoms with Gasteiger partial charge < -0.3 is 0 Å². The van der Waals surface area contributed by atoms with E-state index in [1.165, 1.54) is 0 Å². The summed E-state index contributed by atoms with van der Waals surface area (Å²) in [5.41, 5.74) is 2.18. The molecule has 0 radical (unpaired) electrons. The second kappa shape index (κ2) is 3.56. The number of fused-ring (bicyclic) bond motifs is 1. The zero-order chi connectivity index (χ0) is 11.0. The van der Waals surface area contributed by atoms with Gasteiger partial charge in [-0.05, 0) is 12.8 Å². The predicted octanol–water partition coefficient (Wildman–Crippen LogP) is 1.46. The molecule has 0 fully saturated rings. The fourth-order valence-electron chi connectivity index (χ4n) is 2.06. The van der Waals surface area contributed by atoms with E-state index in [-0.39, 0.29) is 5.78 Å². The van der Waals surface area contributed by atoms with Gasteiger partial charge >= 0.3 is 0 Å². The number of aryl methyl sites for hydroxylation is 1. The summed E-state index contributed by atoms with van der Waals surface area (Å²) in [5.74, 6) is -0.0243. The van der Waals surface area contributed by atoms with Crippen molar-refractivity contribution in [3.05, 3.63) is 47.3 Å². The Kier molecular flexibility index (Phi) is 2.06. The molecule has 0 amide bonds. The number of benzene rings is 1. The molecular weight excluding hydrogens is 202 g/mol. The summed E-state index contributed by atoms with van der Waals surface area (Å²) >= 11 is 0. The van der Waals surface area contributed by atoms with Crippen LogP contribution < -0.4 is 0 Å². The van der Waals surface area contributed by atoms with Crippen LogP contribution in [0, 0.1) is 0 Å². The van der Waals surface area contributed by atoms with Gasteiger partial charge in [-0.2, -0.15) is 0 Å². The molecule has 0 atom stereocenters. The molecule has 0 bridgehead atoms. The van der Waals surface area contributed by atoms with Crippen molar-refractivity contribution in [1.29, 1.82) is 0 Å². The van der Waals surface area contributed by atoms with E-state index >= 15 is 0 Å². The van der Waals surface area contributed by atoms with Crippen LogP contribution >= 0.6 is 0 Å². The third kappa shape index (κ3) is 1.34. The molecule has 80 valence electrons. The Bertz CT molecular complexity index is 530. The van der Waals surface area contributed by atoms with Gasteiger partial charge in [-0.15, -0.1) is 5.10 Å². The first-order valence-electron chi connectivity index (χ1n) is 5.38. The quantitative estimate of drug-likeness (QED) is 0.709. The Morgan fingerprint density at radius 3 is 2.88 bits per heavy atom. The summed E-state index contributed by atoms with van der Waals surface area (Å²) in [5, 5.41) is 7.97. The highest BCUT2D eigenvalue weighted by Crippen LogP contribution is 2.18. The van der Waals surface area contributed by atoms with Gasteiger partial charge in [0.25, 0.3) is 0 Å². The SMILES string of the molecule is O=C(c1ccccc1)c1nnn2c1CCC2. The zero-order valence-corrected chi connectivity index (χ0v) is 8.76. The number of nitrogens with zero attached hydrogens (tertiary/aromatic N) is 3. The highest BCUT2D eigenvalue weighted by Gasteiger charge is 2.23. The minimum Gasteiger partial charge on any atom is -0.287 e. The summed E-state index contributed by atoms with van der Waals surface area (Å²) in [6, 6.07) is 9.23. The average Bonchev–Trinajstić information content (AvgIpc) is 2.91. The van der Waals surface area contributed by atoms with E-state index in [1.807, 2.05) is 35.0 Å². The summed E-state index contributed by atoms with van der Waals surface area (Å²) < 4.78 is 1.83. The number of ketones is 1. The van der Waals surface area contributed by atoms with Crippen molar-refractivity contribution in [2.75, 3.05) is 0 Å². The average molecular weight is 213 g/mol. The van der Waals surface area contributed by atoms with Crippen LogP contribution in [0.1, 0.15) is 28.2 Å². The van der Waals surface area contributed by atoms with E-state index in [4.69, 9.17) is 0 Å². The first-order valence-corrected chi connectivity index (χ1v) is 5.38. The van der Waals surface area contributed by atoms with Crippen molar-refractivity contribution >= 4 is 5.78 Å². The lowest BCUT2D eigenvalue weighted by Crippen LogP contribution is -2.04. The van der Waals surface area contributed by atoms with Crippen LogP contribution in [-0.4, -0.2) is 20.8 Å². The molecule has 1 aromatic heterocycles. The van der Waals surface area contributed by atoms with Crippen LogP contribution in [-0.2, 0) is 13.0 Å². The fraction of sp³-hybridized carbons (Fsp3) is 0.250. The third-order valence-electron chi connectivity index (χ3n) is 2.87. The molecule has 1 aliphatic rings. The number of rotatable bonds is 2. The molecule has 2 heterocycles. The highest BCUT2D eigenvalue weighted by molar-refractivity contribution is 6.08. The van der Waals surface area contributed by atoms with Gasteiger partial charge in [-0.1, -0.05) is 35.5 Å². The van der Waals surface area contributed by atoms with E-state index in [2.05, 4.69) is 10.3 Å². The van der Waals surface area contributed by atoms with Crippen molar-refractivity contribution in [3.63, 3.8) is 0 Å². The summed E-state index contributed by atoms with van der Waals surface area (Å²) in [6.07, 6.45) is 1.96. The monoisotopic (exact) mass is 213 g/mol. The summed E-state index contributed by atoms with van der Waals surface area (Å²) in [4.78, 5) is 12.2. The number of hydrogen-bond donors (Lipinski definition) is 0. The van der Waals surface area contributed by atoms with E-state index in [0.717, 1.165) is 25.1 Å². The maximum Gasteiger partial charge on any atom is 0.215 e. The molecule has 0 saturated heterocycles. The number of carbonyl (C=O) groups excluding carboxylic acids is 1. The molecule has 16 heavy (non-hydrogen) atoms. The largest absolute Gasteiger partial charge is 0.287 e. The van der Waals surface area contributed by atoms with Gasteiger partial charge in [-0.25, -0.2) is 4.68 Å². The Morgan fingerprint density at radius 1 is 1.25 bits per heavy atom. The first kappa shape index (κ1) is 9.27. The number of aromatic nitrogens is 3. The minimum absolute atomic E-state index is 0.0243. The molecule has 1 aromatic carbocycles. The molecule has 0 spiro atoms. The van der Waals surface area contributed by atoms with Gasteiger partial charge in [0.15, 0.2) is 5.69 Å². The first-order chi connectivity index (χ1) is 7.86. The van der Waals surface area contributed by atoms with Crippen LogP contribution in [0.5, 0.6) is 0 Å². The molecule has 4 nitrogen and oxygen atoms in total. The molecule has 0 saturated carbocycles. The van der Waals surface area contributed by atoms with Crippen molar-refractivity contribution in [1.82, 2.24) is 15.0 Å². The molecule has 1 aliphatic heterocycles. The predicted molar refractivity (Wildman–Crippen MR) is 58.2 cm³/mol. The topological polar surface area (TPSA) is 47.8 Å². The van der Waals surface area contributed by atoms with Crippen molar-refractivity contribution in [3.8, 4) is 0 Å². The van der Waals surface area contributed by atoms with Crippen molar-refractivity contribution in [2.45, 2.75) is 19.4 Å². The maximum atomic E-state index is 12.2. The third-order valence-corrected chi connectivity index (χ3v) is 2.87. The van der Waals surface area contributed by atoms with Crippen LogP contribution in [0.2, 0.25) is 0 Å². The second-order valence-corrected chi connectivity index (χ2v) is 3.91. The maximum absolute atomic E-state index is 12.2. The molecule has 2 aromatic rings. The Hall–Kier alpha value is -1.97. The molecule has 0 aliphatic carbocycles. The fourth-order valence-corrected chi connectivity index (χ4v) is 2.06. The summed E-state index contributed by atoms with van der Waals surface area (Å²) in [6.45, 7) is 0.879. The standard InChI is InChI=1S/C12H11N3O/c16-12(9-5-2-1-3-6-9)11-10-7-4-8-15(10)14-13-11/h1-3,5-6H,4,7-8H2. The molecule has 0 unspecified atom stereocenters. The molecule has 4 heteroatoms. The minimum atomic E-state index is -0.0243. The number of hydrogen-bond acceptors (Lipinski definition) is 3. The molecule has 0 N–H and O–H groups in total. The van der Waals surface area contributed by atoms with Crippen LogP contribution in [0.4, 0.5) is 0 Å². The van der Waals surface area contributed by atoms with E-state index in [9.17, 15) is 4.79 Å². The van der Waals surface area contributed by atoms with Crippen LogP contribution in [0.25, 0.3) is 0 Å².